The molecule has 6 aromatic rings. The number of nitrogens with zero attached hydrogens (tertiary/aromatic N) is 8. The van der Waals surface area contributed by atoms with E-state index in [9.17, 15) is 14.4 Å². The molecule has 4 atom stereocenters. The number of hydrogen-bond donors (Lipinski definition) is 2. The molecule has 18 nitrogen and oxygen atoms in total. The normalized spacial score (nSPS) is 17.5. The van der Waals surface area contributed by atoms with Gasteiger partial charge in [-0.1, -0.05) is 90.6 Å². The number of aromatic nitrogens is 4. The Balaban J connectivity index is 0.000000208. The summed E-state index contributed by atoms with van der Waals surface area (Å²) < 4.78 is 30.4. The molecule has 0 saturated carbocycles. The van der Waals surface area contributed by atoms with Crippen molar-refractivity contribution in [2.45, 2.75) is 63.5 Å². The number of rotatable bonds is 11. The number of ether oxygens (including phenoxy) is 5. The number of esters is 2. The monoisotopic (exact) mass is 942 g/mol. The van der Waals surface area contributed by atoms with Crippen LogP contribution in [0.15, 0.2) is 125 Å². The van der Waals surface area contributed by atoms with Crippen LogP contribution < -0.4 is 14.8 Å². The van der Waals surface area contributed by atoms with E-state index in [2.05, 4.69) is 45.3 Å². The lowest BCUT2D eigenvalue weighted by Gasteiger charge is -2.27. The van der Waals surface area contributed by atoms with Gasteiger partial charge < -0.3 is 29.0 Å². The number of halogens is 1. The second-order valence-electron chi connectivity index (χ2n) is 16.3. The van der Waals surface area contributed by atoms with Gasteiger partial charge in [0.25, 0.3) is 0 Å². The van der Waals surface area contributed by atoms with E-state index < -0.39 is 29.8 Å². The lowest BCUT2D eigenvalue weighted by molar-refractivity contribution is -0.145. The zero-order chi connectivity index (χ0) is 48.8. The predicted octanol–water partition coefficient (Wildman–Crippen LogP) is 9.63. The van der Waals surface area contributed by atoms with E-state index in [1.54, 1.807) is 32.9 Å². The summed E-state index contributed by atoms with van der Waals surface area (Å²) in [5.74, 6) is -0.0261. The topological polar surface area (TPSA) is 225 Å². The van der Waals surface area contributed by atoms with E-state index in [4.69, 9.17) is 49.2 Å². The highest BCUT2D eigenvalue weighted by Crippen LogP contribution is 2.34. The minimum Gasteiger partial charge on any atom is -0.471 e. The molecule has 0 bridgehead atoms. The Hall–Kier alpha value is -7.70. The van der Waals surface area contributed by atoms with Crippen LogP contribution in [0.2, 0.25) is 0 Å². The molecule has 2 aliphatic heterocycles. The SMILES string of the molecule is C=Cc1cccc(-c2nc3ccccc3nc2O[C@@H]2C[C@@H](C(=O)OC)N(C(=O)OC(C)(C)C)C2)c1.C=Cc1cccc(-c2nc3ccccc3nc2O[C@H]2CN[C@H](C(=O)OC)C2)c1.N=NN=NCl. The molecule has 1 amide bonds. The molecule has 2 saturated heterocycles. The van der Waals surface area contributed by atoms with Gasteiger partial charge in [-0.05, 0) is 78.7 Å². The summed E-state index contributed by atoms with van der Waals surface area (Å²) in [5.41, 5.74) is 13.0. The second kappa shape index (κ2) is 23.2. The Morgan fingerprint density at radius 3 is 1.68 bits per heavy atom. The van der Waals surface area contributed by atoms with E-state index in [0.717, 1.165) is 38.8 Å². The van der Waals surface area contributed by atoms with E-state index in [1.165, 1.54) is 19.1 Å². The van der Waals surface area contributed by atoms with Gasteiger partial charge in [-0.2, -0.15) is 5.53 Å². The summed E-state index contributed by atoms with van der Waals surface area (Å²) in [5, 5.41) is 8.22. The molecule has 19 heteroatoms. The number of likely N-dealkylation sites (tertiary alicyclic amines) is 1. The number of nitrogens with one attached hydrogen (secondary N) is 2. The highest BCUT2D eigenvalue weighted by Gasteiger charge is 2.44. The Morgan fingerprint density at radius 2 is 1.24 bits per heavy atom. The molecule has 0 radical (unpaired) electrons. The maximum absolute atomic E-state index is 12.8. The minimum atomic E-state index is -0.819. The first-order valence-electron chi connectivity index (χ1n) is 21.4. The van der Waals surface area contributed by atoms with Gasteiger partial charge >= 0.3 is 18.0 Å². The molecule has 0 unspecified atom stereocenters. The highest BCUT2D eigenvalue weighted by atomic mass is 35.5. The molecule has 4 aromatic carbocycles. The highest BCUT2D eigenvalue weighted by molar-refractivity contribution is 6.13. The summed E-state index contributed by atoms with van der Waals surface area (Å²) in [7, 11) is 2.68. The van der Waals surface area contributed by atoms with Crippen LogP contribution in [-0.2, 0) is 23.8 Å². The van der Waals surface area contributed by atoms with Crippen molar-refractivity contribution < 1.29 is 38.1 Å². The minimum absolute atomic E-state index is 0.148. The molecule has 2 aliphatic rings. The Kier molecular flexibility index (Phi) is 16.9. The summed E-state index contributed by atoms with van der Waals surface area (Å²) >= 11 is 4.55. The van der Waals surface area contributed by atoms with Crippen LogP contribution in [0.25, 0.3) is 56.7 Å². The quantitative estimate of drug-likeness (QED) is 0.0535. The van der Waals surface area contributed by atoms with Crippen molar-refractivity contribution >= 4 is 64.0 Å². The van der Waals surface area contributed by atoms with Gasteiger partial charge in [0.1, 0.15) is 41.3 Å². The van der Waals surface area contributed by atoms with E-state index >= 15 is 0 Å². The molecule has 2 aromatic heterocycles. The smallest absolute Gasteiger partial charge is 0.411 e. The van der Waals surface area contributed by atoms with E-state index in [0.29, 0.717) is 41.6 Å². The van der Waals surface area contributed by atoms with Crippen LogP contribution in [0.4, 0.5) is 4.79 Å². The van der Waals surface area contributed by atoms with Crippen molar-refractivity contribution in [3.8, 4) is 34.3 Å². The fraction of sp³-hybridized carbons (Fsp3) is 0.286. The number of amides is 1. The van der Waals surface area contributed by atoms with Crippen LogP contribution in [0, 0.1) is 5.53 Å². The number of carbonyl (C=O) groups excluding carboxylic acids is 3. The molecule has 2 N–H and O–H groups in total. The number of benzene rings is 4. The zero-order valence-electron chi connectivity index (χ0n) is 38.2. The second-order valence-corrected chi connectivity index (χ2v) is 16.4. The van der Waals surface area contributed by atoms with Crippen molar-refractivity contribution in [3.63, 3.8) is 0 Å². The zero-order valence-corrected chi connectivity index (χ0v) is 38.9. The average Bonchev–Trinajstić information content (AvgIpc) is 4.01. The largest absolute Gasteiger partial charge is 0.471 e. The molecular weight excluding hydrogens is 892 g/mol. The number of hydrogen-bond acceptors (Lipinski definition) is 15. The average molecular weight is 943 g/mol. The van der Waals surface area contributed by atoms with Gasteiger partial charge in [0.2, 0.25) is 11.8 Å². The van der Waals surface area contributed by atoms with Crippen LogP contribution in [-0.4, -0.2) is 100 Å². The fourth-order valence-corrected chi connectivity index (χ4v) is 7.38. The predicted molar refractivity (Wildman–Crippen MR) is 257 cm³/mol. The van der Waals surface area contributed by atoms with Crippen molar-refractivity contribution in [2.24, 2.45) is 15.1 Å². The van der Waals surface area contributed by atoms with Crippen molar-refractivity contribution in [1.29, 1.82) is 5.53 Å². The summed E-state index contributed by atoms with van der Waals surface area (Å²) in [6.07, 6.45) is 3.02. The van der Waals surface area contributed by atoms with Crippen LogP contribution in [0.5, 0.6) is 11.8 Å². The summed E-state index contributed by atoms with van der Waals surface area (Å²) in [6.45, 7) is 13.7. The van der Waals surface area contributed by atoms with Crippen LogP contribution in [0.1, 0.15) is 44.7 Å². The molecule has 4 heterocycles. The third-order valence-electron chi connectivity index (χ3n) is 10.4. The van der Waals surface area contributed by atoms with Gasteiger partial charge in [-0.25, -0.2) is 29.5 Å². The van der Waals surface area contributed by atoms with Gasteiger partial charge in [0.05, 0.1) is 54.6 Å². The fourth-order valence-electron chi connectivity index (χ4n) is 7.35. The van der Waals surface area contributed by atoms with Crippen molar-refractivity contribution in [1.82, 2.24) is 30.2 Å². The first-order valence-corrected chi connectivity index (χ1v) is 21.7. The summed E-state index contributed by atoms with van der Waals surface area (Å²) in [6, 6.07) is 29.7. The standard InChI is InChI=1S/C27H29N3O5.C22H21N3O3.ClHN4/c1-6-17-10-9-11-18(14-17)23-24(29-21-13-8-7-12-20(21)28-23)34-19-15-22(25(31)33-5)30(16-19)26(32)35-27(2,3)4;1-3-14-7-6-8-15(11-14)20-21(25-18-10-5-4-9-17(18)24-20)28-16-12-19(23-13-16)22(26)27-2;1-3-5-4-2/h6-14,19,22H,1,15-16H2,2-5H3;3-11,16,19,23H,1,12-13H2,2H3;2H/t19-,22+;16-,19+;/m11./s1. The van der Waals surface area contributed by atoms with Crippen LogP contribution in [0.3, 0.4) is 0 Å². The Bertz CT molecular complexity index is 2820. The Labute approximate surface area is 398 Å². The van der Waals surface area contributed by atoms with Crippen molar-refractivity contribution in [3.05, 3.63) is 121 Å². The number of fused-ring (bicyclic) bond motifs is 2. The lowest BCUT2D eigenvalue weighted by Crippen LogP contribution is -2.44. The third-order valence-corrected chi connectivity index (χ3v) is 10.5. The van der Waals surface area contributed by atoms with Crippen molar-refractivity contribution in [2.75, 3.05) is 27.3 Å². The van der Waals surface area contributed by atoms with E-state index in [-0.39, 0.29) is 31.1 Å². The molecule has 2 fully saturated rings. The Morgan fingerprint density at radius 1 is 0.735 bits per heavy atom. The maximum Gasteiger partial charge on any atom is 0.411 e. The molecule has 352 valence electrons. The first-order chi connectivity index (χ1) is 32.8. The molecule has 68 heavy (non-hydrogen) atoms. The van der Waals surface area contributed by atoms with Gasteiger partial charge in [0.15, 0.2) is 0 Å². The maximum atomic E-state index is 12.8. The van der Waals surface area contributed by atoms with Crippen LogP contribution >= 0.6 is 11.8 Å². The third kappa shape index (κ3) is 12.8. The van der Waals surface area contributed by atoms with Gasteiger partial charge in [0, 0.05) is 30.5 Å². The lowest BCUT2D eigenvalue weighted by atomic mass is 10.1. The van der Waals surface area contributed by atoms with Gasteiger partial charge in [-0.15, -0.1) is 0 Å². The molecule has 0 aliphatic carbocycles. The summed E-state index contributed by atoms with van der Waals surface area (Å²) in [4.78, 5) is 57.5. The molecule has 8 rings (SSSR count). The van der Waals surface area contributed by atoms with Gasteiger partial charge in [-0.3, -0.25) is 9.69 Å². The number of para-hydroxylation sites is 4. The number of methoxy groups -OCH3 is 2. The number of carbonyl (C=O) groups is 3. The first kappa shape index (κ1) is 49.7. The van der Waals surface area contributed by atoms with E-state index in [1.807, 2.05) is 97.1 Å². The molecular formula is C49H51ClN10O8. The molecule has 0 spiro atoms.